The van der Waals surface area contributed by atoms with E-state index in [1.165, 1.54) is 11.0 Å². The van der Waals surface area contributed by atoms with Crippen LogP contribution < -0.4 is 11.5 Å². The number of aromatic nitrogens is 1. The van der Waals surface area contributed by atoms with Crippen LogP contribution in [0.4, 0.5) is 5.69 Å². The van der Waals surface area contributed by atoms with E-state index in [0.29, 0.717) is 16.8 Å². The first-order valence-electron chi connectivity index (χ1n) is 7.68. The van der Waals surface area contributed by atoms with Gasteiger partial charge >= 0.3 is 11.7 Å². The standard InChI is InChI=1S/C16H20N2O4/c1-10(15(19)21-11-6-3-2-4-7-11)18-14-12(17)8-5-9-13(14)22-16(18)20/h5,8-11H,2-4,6-7,17H2,1H3. The minimum absolute atomic E-state index is 0.0464. The Labute approximate surface area is 127 Å². The molecule has 0 spiro atoms. The maximum absolute atomic E-state index is 12.4. The molecule has 2 N–H and O–H groups in total. The molecule has 1 aromatic carbocycles. The van der Waals surface area contributed by atoms with Gasteiger partial charge in [0.15, 0.2) is 5.58 Å². The minimum atomic E-state index is -0.764. The number of benzene rings is 1. The number of nitrogens with two attached hydrogens (primary N) is 1. The number of para-hydroxylation sites is 1. The monoisotopic (exact) mass is 304 g/mol. The Morgan fingerprint density at radius 2 is 2.09 bits per heavy atom. The molecule has 0 bridgehead atoms. The number of fused-ring (bicyclic) bond motifs is 1. The van der Waals surface area contributed by atoms with Crippen LogP contribution in [0.25, 0.3) is 11.1 Å². The van der Waals surface area contributed by atoms with Crippen LogP contribution in [0.5, 0.6) is 0 Å². The van der Waals surface area contributed by atoms with Gasteiger partial charge in [0, 0.05) is 0 Å². The summed E-state index contributed by atoms with van der Waals surface area (Å²) < 4.78 is 12.0. The van der Waals surface area contributed by atoms with Gasteiger partial charge in [-0.3, -0.25) is 4.57 Å². The van der Waals surface area contributed by atoms with Crippen LogP contribution in [0.15, 0.2) is 27.4 Å². The van der Waals surface area contributed by atoms with Gasteiger partial charge in [0.05, 0.1) is 5.69 Å². The first-order chi connectivity index (χ1) is 10.6. The second-order valence-corrected chi connectivity index (χ2v) is 5.80. The van der Waals surface area contributed by atoms with Crippen molar-refractivity contribution in [3.63, 3.8) is 0 Å². The normalized spacial score (nSPS) is 17.5. The van der Waals surface area contributed by atoms with Crippen molar-refractivity contribution in [1.29, 1.82) is 0 Å². The zero-order chi connectivity index (χ0) is 15.7. The average Bonchev–Trinajstić information content (AvgIpc) is 2.85. The second kappa shape index (κ2) is 5.87. The van der Waals surface area contributed by atoms with Gasteiger partial charge in [-0.15, -0.1) is 0 Å². The van der Waals surface area contributed by atoms with Gasteiger partial charge in [0.1, 0.15) is 17.7 Å². The maximum atomic E-state index is 12.4. The molecule has 118 valence electrons. The van der Waals surface area contributed by atoms with E-state index in [-0.39, 0.29) is 6.10 Å². The van der Waals surface area contributed by atoms with E-state index in [2.05, 4.69) is 0 Å². The molecule has 0 amide bonds. The molecular weight excluding hydrogens is 284 g/mol. The van der Waals surface area contributed by atoms with Crippen molar-refractivity contribution >= 4 is 22.8 Å². The first kappa shape index (κ1) is 14.7. The highest BCUT2D eigenvalue weighted by Gasteiger charge is 2.26. The van der Waals surface area contributed by atoms with Crippen molar-refractivity contribution in [2.24, 2.45) is 0 Å². The average molecular weight is 304 g/mol. The van der Waals surface area contributed by atoms with E-state index < -0.39 is 17.8 Å². The van der Waals surface area contributed by atoms with Gasteiger partial charge in [0.25, 0.3) is 0 Å². The highest BCUT2D eigenvalue weighted by molar-refractivity contribution is 5.87. The number of hydrogen-bond acceptors (Lipinski definition) is 5. The number of hydrogen-bond donors (Lipinski definition) is 1. The molecule has 22 heavy (non-hydrogen) atoms. The number of rotatable bonds is 3. The minimum Gasteiger partial charge on any atom is -0.461 e. The topological polar surface area (TPSA) is 87.5 Å². The van der Waals surface area contributed by atoms with E-state index in [0.717, 1.165) is 25.7 Å². The van der Waals surface area contributed by atoms with E-state index in [9.17, 15) is 9.59 Å². The van der Waals surface area contributed by atoms with Crippen LogP contribution in [0.1, 0.15) is 45.1 Å². The quantitative estimate of drug-likeness (QED) is 0.695. The lowest BCUT2D eigenvalue weighted by atomic mass is 9.98. The van der Waals surface area contributed by atoms with Crippen LogP contribution >= 0.6 is 0 Å². The Balaban J connectivity index is 1.88. The fourth-order valence-corrected chi connectivity index (χ4v) is 3.02. The smallest absolute Gasteiger partial charge is 0.420 e. The number of nitrogen functional groups attached to an aromatic ring is 1. The summed E-state index contributed by atoms with van der Waals surface area (Å²) in [5.41, 5.74) is 7.15. The molecule has 1 aromatic heterocycles. The SMILES string of the molecule is CC(C(=O)OC1CCCCC1)n1c(=O)oc2cccc(N)c21. The molecule has 6 heteroatoms. The number of esters is 1. The van der Waals surface area contributed by atoms with Gasteiger partial charge in [-0.05, 0) is 44.7 Å². The summed E-state index contributed by atoms with van der Waals surface area (Å²) in [6.45, 7) is 1.63. The second-order valence-electron chi connectivity index (χ2n) is 5.80. The Morgan fingerprint density at radius 1 is 1.36 bits per heavy atom. The molecule has 2 aromatic rings. The number of oxazole rings is 1. The van der Waals surface area contributed by atoms with Gasteiger partial charge in [-0.1, -0.05) is 12.5 Å². The van der Waals surface area contributed by atoms with Gasteiger partial charge in [-0.2, -0.15) is 0 Å². The molecule has 1 atom stereocenters. The van der Waals surface area contributed by atoms with Crippen LogP contribution in [-0.4, -0.2) is 16.6 Å². The highest BCUT2D eigenvalue weighted by atomic mass is 16.5. The van der Waals surface area contributed by atoms with Gasteiger partial charge < -0.3 is 14.9 Å². The van der Waals surface area contributed by atoms with E-state index in [4.69, 9.17) is 14.9 Å². The van der Waals surface area contributed by atoms with Gasteiger partial charge in [-0.25, -0.2) is 9.59 Å². The third kappa shape index (κ3) is 2.61. The summed E-state index contributed by atoms with van der Waals surface area (Å²) in [6, 6.07) is 4.27. The van der Waals surface area contributed by atoms with Crippen LogP contribution in [-0.2, 0) is 9.53 Å². The van der Waals surface area contributed by atoms with Crippen molar-refractivity contribution < 1.29 is 13.9 Å². The number of nitrogens with zero attached hydrogens (tertiary/aromatic N) is 1. The highest BCUT2D eigenvalue weighted by Crippen LogP contribution is 2.25. The third-order valence-corrected chi connectivity index (χ3v) is 4.23. The molecule has 3 rings (SSSR count). The van der Waals surface area contributed by atoms with Crippen molar-refractivity contribution in [1.82, 2.24) is 4.57 Å². The lowest BCUT2D eigenvalue weighted by molar-refractivity contribution is -0.154. The number of carbonyl (C=O) groups is 1. The fraction of sp³-hybridized carbons (Fsp3) is 0.500. The predicted molar refractivity (Wildman–Crippen MR) is 82.6 cm³/mol. The number of anilines is 1. The lowest BCUT2D eigenvalue weighted by Crippen LogP contribution is -2.30. The molecule has 0 radical (unpaired) electrons. The largest absolute Gasteiger partial charge is 0.461 e. The Hall–Kier alpha value is -2.24. The summed E-state index contributed by atoms with van der Waals surface area (Å²) in [6.07, 6.45) is 5.08. The van der Waals surface area contributed by atoms with E-state index in [1.807, 2.05) is 0 Å². The Morgan fingerprint density at radius 3 is 2.82 bits per heavy atom. The molecule has 1 aliphatic carbocycles. The lowest BCUT2D eigenvalue weighted by Gasteiger charge is -2.23. The summed E-state index contributed by atoms with van der Waals surface area (Å²) >= 11 is 0. The Bertz CT molecular complexity index is 740. The van der Waals surface area contributed by atoms with Gasteiger partial charge in [0.2, 0.25) is 0 Å². The summed E-state index contributed by atoms with van der Waals surface area (Å²) in [5, 5.41) is 0. The maximum Gasteiger partial charge on any atom is 0.420 e. The fourth-order valence-electron chi connectivity index (χ4n) is 3.02. The Kier molecular flexibility index (Phi) is 3.92. The van der Waals surface area contributed by atoms with Crippen LogP contribution in [0.3, 0.4) is 0 Å². The zero-order valence-electron chi connectivity index (χ0n) is 12.6. The number of carbonyl (C=O) groups excluding carboxylic acids is 1. The van der Waals surface area contributed by atoms with Crippen molar-refractivity contribution in [2.45, 2.75) is 51.2 Å². The molecule has 1 fully saturated rings. The summed E-state index contributed by atoms with van der Waals surface area (Å²) in [5.74, 6) is -1.01. The predicted octanol–water partition coefficient (Wildman–Crippen LogP) is 2.61. The molecular formula is C16H20N2O4. The summed E-state index contributed by atoms with van der Waals surface area (Å²) in [4.78, 5) is 24.4. The van der Waals surface area contributed by atoms with Crippen LogP contribution in [0, 0.1) is 0 Å². The van der Waals surface area contributed by atoms with Crippen molar-refractivity contribution in [3.05, 3.63) is 28.7 Å². The number of ether oxygens (including phenoxy) is 1. The molecule has 1 aliphatic rings. The summed E-state index contributed by atoms with van der Waals surface area (Å²) in [7, 11) is 0. The van der Waals surface area contributed by atoms with Crippen LogP contribution in [0.2, 0.25) is 0 Å². The molecule has 0 aliphatic heterocycles. The molecule has 6 nitrogen and oxygen atoms in total. The zero-order valence-corrected chi connectivity index (χ0v) is 12.6. The molecule has 1 unspecified atom stereocenters. The molecule has 0 saturated heterocycles. The van der Waals surface area contributed by atoms with E-state index >= 15 is 0 Å². The first-order valence-corrected chi connectivity index (χ1v) is 7.68. The van der Waals surface area contributed by atoms with E-state index in [1.54, 1.807) is 25.1 Å². The molecule has 1 saturated carbocycles. The molecule has 1 heterocycles. The van der Waals surface area contributed by atoms with Crippen molar-refractivity contribution in [3.8, 4) is 0 Å². The van der Waals surface area contributed by atoms with Crippen molar-refractivity contribution in [2.75, 3.05) is 5.73 Å². The third-order valence-electron chi connectivity index (χ3n) is 4.23.